The molecule has 0 aromatic heterocycles. The SMILES string of the molecule is CCCC(C)Pc1ccccc1CN. The highest BCUT2D eigenvalue weighted by molar-refractivity contribution is 7.48. The number of benzene rings is 1. The zero-order valence-corrected chi connectivity index (χ0v) is 10.1. The van der Waals surface area contributed by atoms with Crippen LogP contribution in [0.2, 0.25) is 0 Å². The number of hydrogen-bond donors (Lipinski definition) is 1. The van der Waals surface area contributed by atoms with Crippen LogP contribution in [0.15, 0.2) is 24.3 Å². The summed E-state index contributed by atoms with van der Waals surface area (Å²) in [6.45, 7) is 5.24. The maximum Gasteiger partial charge on any atom is 0.0184 e. The summed E-state index contributed by atoms with van der Waals surface area (Å²) in [5.41, 5.74) is 7.82. The molecule has 1 rings (SSSR count). The van der Waals surface area contributed by atoms with Crippen LogP contribution in [-0.4, -0.2) is 5.66 Å². The van der Waals surface area contributed by atoms with Crippen molar-refractivity contribution in [1.29, 1.82) is 0 Å². The van der Waals surface area contributed by atoms with E-state index in [0.717, 1.165) is 14.2 Å². The lowest BCUT2D eigenvalue weighted by Gasteiger charge is -2.13. The second kappa shape index (κ2) is 6.16. The number of rotatable bonds is 5. The van der Waals surface area contributed by atoms with E-state index in [0.29, 0.717) is 6.54 Å². The first kappa shape index (κ1) is 11.7. The Morgan fingerprint density at radius 2 is 2.07 bits per heavy atom. The molecule has 14 heavy (non-hydrogen) atoms. The zero-order valence-electron chi connectivity index (χ0n) is 9.09. The first-order valence-corrected chi connectivity index (χ1v) is 6.40. The second-order valence-electron chi connectivity index (χ2n) is 3.70. The summed E-state index contributed by atoms with van der Waals surface area (Å²) in [6, 6.07) is 8.54. The van der Waals surface area contributed by atoms with Crippen molar-refractivity contribution in [3.8, 4) is 0 Å². The lowest BCUT2D eigenvalue weighted by Crippen LogP contribution is -2.11. The van der Waals surface area contributed by atoms with Gasteiger partial charge in [-0.25, -0.2) is 0 Å². The van der Waals surface area contributed by atoms with Crippen LogP contribution in [0.1, 0.15) is 32.3 Å². The van der Waals surface area contributed by atoms with E-state index in [1.165, 1.54) is 23.7 Å². The lowest BCUT2D eigenvalue weighted by atomic mass is 10.2. The van der Waals surface area contributed by atoms with Gasteiger partial charge in [-0.3, -0.25) is 0 Å². The van der Waals surface area contributed by atoms with Crippen molar-refractivity contribution in [3.63, 3.8) is 0 Å². The molecule has 2 heteroatoms. The minimum absolute atomic E-state index is 0.669. The summed E-state index contributed by atoms with van der Waals surface area (Å²) in [4.78, 5) is 0. The molecule has 0 aliphatic rings. The van der Waals surface area contributed by atoms with Crippen molar-refractivity contribution in [2.45, 2.75) is 38.9 Å². The normalized spacial score (nSPS) is 13.6. The third-order valence-electron chi connectivity index (χ3n) is 2.36. The maximum absolute atomic E-state index is 5.70. The van der Waals surface area contributed by atoms with Crippen LogP contribution >= 0.6 is 8.58 Å². The van der Waals surface area contributed by atoms with Crippen LogP contribution in [0.25, 0.3) is 0 Å². The van der Waals surface area contributed by atoms with Crippen LogP contribution in [0, 0.1) is 0 Å². The van der Waals surface area contributed by atoms with Gasteiger partial charge in [0.05, 0.1) is 0 Å². The van der Waals surface area contributed by atoms with Gasteiger partial charge in [-0.2, -0.15) is 0 Å². The first-order valence-electron chi connectivity index (χ1n) is 5.32. The fourth-order valence-electron chi connectivity index (χ4n) is 1.61. The highest BCUT2D eigenvalue weighted by Gasteiger charge is 2.05. The molecule has 78 valence electrons. The summed E-state index contributed by atoms with van der Waals surface area (Å²) in [7, 11) is 0.911. The van der Waals surface area contributed by atoms with E-state index in [4.69, 9.17) is 5.73 Å². The summed E-state index contributed by atoms with van der Waals surface area (Å²) < 4.78 is 0. The fourth-order valence-corrected chi connectivity index (χ4v) is 3.14. The Bertz CT molecular complexity index is 273. The first-order chi connectivity index (χ1) is 6.77. The molecule has 0 saturated carbocycles. The molecule has 2 unspecified atom stereocenters. The Morgan fingerprint density at radius 3 is 2.71 bits per heavy atom. The van der Waals surface area contributed by atoms with E-state index < -0.39 is 0 Å². The Balaban J connectivity index is 2.65. The van der Waals surface area contributed by atoms with Crippen molar-refractivity contribution in [2.24, 2.45) is 5.73 Å². The monoisotopic (exact) mass is 209 g/mol. The zero-order chi connectivity index (χ0) is 10.4. The Kier molecular flexibility index (Phi) is 5.14. The van der Waals surface area contributed by atoms with Gasteiger partial charge in [-0.15, -0.1) is 0 Å². The van der Waals surface area contributed by atoms with Gasteiger partial charge in [0, 0.05) is 6.54 Å². The summed E-state index contributed by atoms with van der Waals surface area (Å²) in [6.07, 6.45) is 2.59. The molecular weight excluding hydrogens is 189 g/mol. The van der Waals surface area contributed by atoms with E-state index >= 15 is 0 Å². The summed E-state index contributed by atoms with van der Waals surface area (Å²) in [5.74, 6) is 0. The Labute approximate surface area is 88.9 Å². The van der Waals surface area contributed by atoms with Crippen molar-refractivity contribution < 1.29 is 0 Å². The smallest absolute Gasteiger partial charge is 0.0184 e. The van der Waals surface area contributed by atoms with Gasteiger partial charge in [0.1, 0.15) is 0 Å². The van der Waals surface area contributed by atoms with Crippen molar-refractivity contribution >= 4 is 13.9 Å². The molecule has 1 aromatic carbocycles. The molecule has 0 bridgehead atoms. The predicted octanol–water partition coefficient (Wildman–Crippen LogP) is 2.64. The molecule has 0 heterocycles. The average molecular weight is 209 g/mol. The second-order valence-corrected chi connectivity index (χ2v) is 5.51. The van der Waals surface area contributed by atoms with Crippen LogP contribution in [0.5, 0.6) is 0 Å². The van der Waals surface area contributed by atoms with Gasteiger partial charge in [-0.1, -0.05) is 53.1 Å². The van der Waals surface area contributed by atoms with E-state index in [2.05, 4.69) is 38.1 Å². The van der Waals surface area contributed by atoms with Crippen LogP contribution in [0.3, 0.4) is 0 Å². The predicted molar refractivity (Wildman–Crippen MR) is 66.7 cm³/mol. The minimum atomic E-state index is 0.669. The molecule has 0 amide bonds. The maximum atomic E-state index is 5.70. The standard InChI is InChI=1S/C12H20NP/c1-3-6-10(2)14-12-8-5-4-7-11(12)9-13/h4-5,7-8,10,14H,3,6,9,13H2,1-2H3. The van der Waals surface area contributed by atoms with E-state index in [9.17, 15) is 0 Å². The minimum Gasteiger partial charge on any atom is -0.326 e. The molecule has 1 nitrogen and oxygen atoms in total. The van der Waals surface area contributed by atoms with E-state index in [1.54, 1.807) is 0 Å². The van der Waals surface area contributed by atoms with Gasteiger partial charge in [-0.05, 0) is 22.9 Å². The highest BCUT2D eigenvalue weighted by Crippen LogP contribution is 2.23. The lowest BCUT2D eigenvalue weighted by molar-refractivity contribution is 0.785. The molecule has 0 aliphatic carbocycles. The molecule has 2 atom stereocenters. The summed E-state index contributed by atoms with van der Waals surface area (Å²) >= 11 is 0. The number of hydrogen-bond acceptors (Lipinski definition) is 1. The van der Waals surface area contributed by atoms with Gasteiger partial charge < -0.3 is 5.73 Å². The molecule has 0 radical (unpaired) electrons. The van der Waals surface area contributed by atoms with Crippen LogP contribution in [-0.2, 0) is 6.54 Å². The van der Waals surface area contributed by atoms with Crippen LogP contribution in [0.4, 0.5) is 0 Å². The van der Waals surface area contributed by atoms with Crippen LogP contribution < -0.4 is 11.0 Å². The van der Waals surface area contributed by atoms with Crippen molar-refractivity contribution in [2.75, 3.05) is 0 Å². The molecule has 0 saturated heterocycles. The van der Waals surface area contributed by atoms with Gasteiger partial charge in [0.25, 0.3) is 0 Å². The van der Waals surface area contributed by atoms with Gasteiger partial charge in [0.15, 0.2) is 0 Å². The Morgan fingerprint density at radius 1 is 1.36 bits per heavy atom. The molecule has 0 fully saturated rings. The number of nitrogens with two attached hydrogens (primary N) is 1. The molecule has 1 aromatic rings. The third kappa shape index (κ3) is 3.40. The highest BCUT2D eigenvalue weighted by atomic mass is 31.1. The molecular formula is C12H20NP. The van der Waals surface area contributed by atoms with Gasteiger partial charge in [0.2, 0.25) is 0 Å². The summed E-state index contributed by atoms with van der Waals surface area (Å²) in [5, 5.41) is 1.45. The average Bonchev–Trinajstić information content (AvgIpc) is 2.19. The van der Waals surface area contributed by atoms with E-state index in [-0.39, 0.29) is 0 Å². The third-order valence-corrected chi connectivity index (χ3v) is 3.94. The van der Waals surface area contributed by atoms with Gasteiger partial charge >= 0.3 is 0 Å². The topological polar surface area (TPSA) is 26.0 Å². The van der Waals surface area contributed by atoms with E-state index in [1.807, 2.05) is 0 Å². The largest absolute Gasteiger partial charge is 0.326 e. The van der Waals surface area contributed by atoms with Crippen molar-refractivity contribution in [1.82, 2.24) is 0 Å². The molecule has 2 N–H and O–H groups in total. The molecule has 0 aliphatic heterocycles. The quantitative estimate of drug-likeness (QED) is 0.741. The van der Waals surface area contributed by atoms with Crippen molar-refractivity contribution in [3.05, 3.63) is 29.8 Å². The Hall–Kier alpha value is -0.390. The fraction of sp³-hybridized carbons (Fsp3) is 0.500. The molecule has 0 spiro atoms.